The van der Waals surface area contributed by atoms with E-state index in [-0.39, 0.29) is 0 Å². The third kappa shape index (κ3) is 3.86. The van der Waals surface area contributed by atoms with Crippen molar-refractivity contribution in [3.05, 3.63) is 30.0 Å². The standard InChI is InChI=1S/C17H23N3O4/c1-11(16(21)22)20(4)17(23)24-14-7-5-6-13-15(14)12(10-18-13)8-9-19(2)3/h5-7,10-11,18H,8-9H2,1-4H3,(H,21,22)/t11-/m0/s1. The molecular formula is C17H23N3O4. The third-order valence-corrected chi connectivity index (χ3v) is 4.00. The first-order chi connectivity index (χ1) is 11.3. The summed E-state index contributed by atoms with van der Waals surface area (Å²) in [6.07, 6.45) is 2.02. The number of H-pyrrole nitrogens is 1. The lowest BCUT2D eigenvalue weighted by Crippen LogP contribution is -2.41. The van der Waals surface area contributed by atoms with E-state index in [0.29, 0.717) is 5.75 Å². The summed E-state index contributed by atoms with van der Waals surface area (Å²) in [5.74, 6) is -0.655. The SMILES string of the molecule is C[C@@H](C(=O)O)N(C)C(=O)Oc1cccc2[nH]cc(CCN(C)C)c12. The molecule has 0 fully saturated rings. The molecule has 0 unspecified atom stereocenters. The number of aliphatic carboxylic acids is 1. The number of fused-ring (bicyclic) bond motifs is 1. The molecule has 1 amide bonds. The number of carbonyl (C=O) groups is 2. The zero-order valence-corrected chi connectivity index (χ0v) is 14.4. The number of nitrogens with one attached hydrogen (secondary N) is 1. The Morgan fingerprint density at radius 1 is 1.29 bits per heavy atom. The highest BCUT2D eigenvalue weighted by molar-refractivity contribution is 5.91. The van der Waals surface area contributed by atoms with Crippen LogP contribution in [0.1, 0.15) is 12.5 Å². The van der Waals surface area contributed by atoms with E-state index in [1.165, 1.54) is 14.0 Å². The number of carboxylic acid groups (broad SMARTS) is 1. The molecule has 0 aliphatic heterocycles. The van der Waals surface area contributed by atoms with Crippen LogP contribution >= 0.6 is 0 Å². The molecule has 0 aliphatic rings. The molecule has 0 bridgehead atoms. The van der Waals surface area contributed by atoms with Crippen molar-refractivity contribution >= 4 is 23.0 Å². The minimum atomic E-state index is -1.08. The summed E-state index contributed by atoms with van der Waals surface area (Å²) in [5, 5.41) is 9.86. The van der Waals surface area contributed by atoms with E-state index < -0.39 is 18.1 Å². The number of carboxylic acids is 1. The molecule has 7 heteroatoms. The van der Waals surface area contributed by atoms with Crippen molar-refractivity contribution in [2.45, 2.75) is 19.4 Å². The topological polar surface area (TPSA) is 85.9 Å². The van der Waals surface area contributed by atoms with Gasteiger partial charge in [0.15, 0.2) is 0 Å². The van der Waals surface area contributed by atoms with Crippen LogP contribution in [0.15, 0.2) is 24.4 Å². The lowest BCUT2D eigenvalue weighted by Gasteiger charge is -2.21. The summed E-state index contributed by atoms with van der Waals surface area (Å²) in [5.41, 5.74) is 1.93. The van der Waals surface area contributed by atoms with Crippen LogP contribution in [-0.2, 0) is 11.2 Å². The number of amides is 1. The fourth-order valence-corrected chi connectivity index (χ4v) is 2.34. The Morgan fingerprint density at radius 3 is 2.62 bits per heavy atom. The van der Waals surface area contributed by atoms with Crippen LogP contribution in [-0.4, -0.2) is 65.7 Å². The van der Waals surface area contributed by atoms with Gasteiger partial charge in [-0.25, -0.2) is 9.59 Å². The van der Waals surface area contributed by atoms with Crippen molar-refractivity contribution in [2.75, 3.05) is 27.7 Å². The maximum Gasteiger partial charge on any atom is 0.415 e. The number of hydrogen-bond donors (Lipinski definition) is 2. The highest BCUT2D eigenvalue weighted by atomic mass is 16.6. The number of nitrogens with zero attached hydrogens (tertiary/aromatic N) is 2. The van der Waals surface area contributed by atoms with E-state index >= 15 is 0 Å². The van der Waals surface area contributed by atoms with Crippen molar-refractivity contribution in [3.8, 4) is 5.75 Å². The normalized spacial score (nSPS) is 12.4. The Labute approximate surface area is 140 Å². The molecule has 1 aromatic carbocycles. The van der Waals surface area contributed by atoms with E-state index in [2.05, 4.69) is 9.88 Å². The summed E-state index contributed by atoms with van der Waals surface area (Å²) in [7, 11) is 5.40. The minimum Gasteiger partial charge on any atom is -0.480 e. The number of aromatic nitrogens is 1. The number of hydrogen-bond acceptors (Lipinski definition) is 4. The quantitative estimate of drug-likeness (QED) is 0.846. The Bertz CT molecular complexity index is 739. The molecule has 1 aromatic heterocycles. The van der Waals surface area contributed by atoms with Crippen LogP contribution in [0.3, 0.4) is 0 Å². The molecular weight excluding hydrogens is 310 g/mol. The molecule has 2 rings (SSSR count). The predicted molar refractivity (Wildman–Crippen MR) is 91.4 cm³/mol. The summed E-state index contributed by atoms with van der Waals surface area (Å²) in [4.78, 5) is 29.6. The Hall–Kier alpha value is -2.54. The fourth-order valence-electron chi connectivity index (χ4n) is 2.34. The summed E-state index contributed by atoms with van der Waals surface area (Å²) >= 11 is 0. The Balaban J connectivity index is 2.26. The second-order valence-corrected chi connectivity index (χ2v) is 6.04. The van der Waals surface area contributed by atoms with Gasteiger partial charge in [-0.15, -0.1) is 0 Å². The summed E-state index contributed by atoms with van der Waals surface area (Å²) in [6, 6.07) is 4.45. The molecule has 1 atom stereocenters. The van der Waals surface area contributed by atoms with Crippen molar-refractivity contribution in [1.29, 1.82) is 0 Å². The van der Waals surface area contributed by atoms with Crippen molar-refractivity contribution in [2.24, 2.45) is 0 Å². The number of rotatable bonds is 6. The second kappa shape index (κ2) is 7.35. The lowest BCUT2D eigenvalue weighted by atomic mass is 10.1. The van der Waals surface area contributed by atoms with Crippen LogP contribution in [0.25, 0.3) is 10.9 Å². The zero-order chi connectivity index (χ0) is 17.9. The number of likely N-dealkylation sites (N-methyl/N-ethyl adjacent to an activating group) is 2. The van der Waals surface area contributed by atoms with Crippen LogP contribution in [0.5, 0.6) is 5.75 Å². The van der Waals surface area contributed by atoms with Gasteiger partial charge >= 0.3 is 12.1 Å². The maximum absolute atomic E-state index is 12.2. The Morgan fingerprint density at radius 2 is 2.00 bits per heavy atom. The largest absolute Gasteiger partial charge is 0.480 e. The molecule has 2 aromatic rings. The van der Waals surface area contributed by atoms with Gasteiger partial charge in [-0.2, -0.15) is 0 Å². The van der Waals surface area contributed by atoms with Gasteiger partial charge in [0, 0.05) is 30.7 Å². The van der Waals surface area contributed by atoms with E-state index in [1.807, 2.05) is 26.4 Å². The minimum absolute atomic E-state index is 0.428. The fraction of sp³-hybridized carbons (Fsp3) is 0.412. The van der Waals surface area contributed by atoms with Gasteiger partial charge in [0.1, 0.15) is 11.8 Å². The highest BCUT2D eigenvalue weighted by Crippen LogP contribution is 2.29. The third-order valence-electron chi connectivity index (χ3n) is 4.00. The van der Waals surface area contributed by atoms with E-state index in [9.17, 15) is 9.59 Å². The summed E-state index contributed by atoms with van der Waals surface area (Å²) in [6.45, 7) is 2.30. The predicted octanol–water partition coefficient (Wildman–Crippen LogP) is 2.18. The average molecular weight is 333 g/mol. The summed E-state index contributed by atoms with van der Waals surface area (Å²) < 4.78 is 5.46. The molecule has 130 valence electrons. The molecule has 1 heterocycles. The first-order valence-electron chi connectivity index (χ1n) is 7.72. The molecule has 7 nitrogen and oxygen atoms in total. The first kappa shape index (κ1) is 17.8. The monoisotopic (exact) mass is 333 g/mol. The molecule has 24 heavy (non-hydrogen) atoms. The molecule has 0 spiro atoms. The number of benzene rings is 1. The van der Waals surface area contributed by atoms with E-state index in [1.54, 1.807) is 12.1 Å². The van der Waals surface area contributed by atoms with Gasteiger partial charge in [-0.3, -0.25) is 4.90 Å². The first-order valence-corrected chi connectivity index (χ1v) is 7.72. The van der Waals surface area contributed by atoms with Crippen LogP contribution in [0.2, 0.25) is 0 Å². The highest BCUT2D eigenvalue weighted by Gasteiger charge is 2.24. The Kier molecular flexibility index (Phi) is 5.46. The number of carbonyl (C=O) groups excluding carboxylic acids is 1. The van der Waals surface area contributed by atoms with Crippen LogP contribution in [0.4, 0.5) is 4.79 Å². The van der Waals surface area contributed by atoms with Gasteiger partial charge in [0.2, 0.25) is 0 Å². The van der Waals surface area contributed by atoms with Gasteiger partial charge in [-0.1, -0.05) is 6.07 Å². The second-order valence-electron chi connectivity index (χ2n) is 6.04. The smallest absolute Gasteiger partial charge is 0.415 e. The van der Waals surface area contributed by atoms with Crippen molar-refractivity contribution in [1.82, 2.24) is 14.8 Å². The van der Waals surface area contributed by atoms with E-state index in [0.717, 1.165) is 34.3 Å². The van der Waals surface area contributed by atoms with Gasteiger partial charge in [0.25, 0.3) is 0 Å². The van der Waals surface area contributed by atoms with E-state index in [4.69, 9.17) is 9.84 Å². The molecule has 0 saturated heterocycles. The van der Waals surface area contributed by atoms with Gasteiger partial charge < -0.3 is 19.7 Å². The molecule has 0 saturated carbocycles. The van der Waals surface area contributed by atoms with Gasteiger partial charge in [-0.05, 0) is 45.1 Å². The van der Waals surface area contributed by atoms with Crippen molar-refractivity contribution in [3.63, 3.8) is 0 Å². The lowest BCUT2D eigenvalue weighted by molar-refractivity contribution is -0.141. The van der Waals surface area contributed by atoms with Crippen LogP contribution in [0, 0.1) is 0 Å². The van der Waals surface area contributed by atoms with Gasteiger partial charge in [0.05, 0.1) is 0 Å². The zero-order valence-electron chi connectivity index (χ0n) is 14.4. The maximum atomic E-state index is 12.2. The van der Waals surface area contributed by atoms with Crippen LogP contribution < -0.4 is 4.74 Å². The number of ether oxygens (including phenoxy) is 1. The van der Waals surface area contributed by atoms with Crippen molar-refractivity contribution < 1.29 is 19.4 Å². The molecule has 0 aliphatic carbocycles. The molecule has 0 radical (unpaired) electrons. The average Bonchev–Trinajstić information content (AvgIpc) is 2.95. The molecule has 2 N–H and O–H groups in total. The number of aromatic amines is 1.